The van der Waals surface area contributed by atoms with E-state index in [1.54, 1.807) is 0 Å². The van der Waals surface area contributed by atoms with Crippen molar-refractivity contribution >= 4 is 5.91 Å². The SMILES string of the molecule is O=C(CCOCC(F)(F)F)N[C@H]1c2ccccc2C[C@H]1O. The minimum absolute atomic E-state index is 0.179. The number of aliphatic hydroxyl groups is 1. The number of aliphatic hydroxyl groups excluding tert-OH is 1. The van der Waals surface area contributed by atoms with E-state index >= 15 is 0 Å². The molecular formula is C14H16F3NO3. The van der Waals surface area contributed by atoms with Gasteiger partial charge in [-0.25, -0.2) is 0 Å². The number of ether oxygens (including phenoxy) is 1. The molecule has 0 spiro atoms. The van der Waals surface area contributed by atoms with Gasteiger partial charge in [-0.1, -0.05) is 24.3 Å². The second kappa shape index (κ2) is 6.44. The van der Waals surface area contributed by atoms with Crippen LogP contribution in [-0.2, 0) is 16.0 Å². The molecule has 0 saturated heterocycles. The molecule has 0 fully saturated rings. The molecule has 1 aliphatic carbocycles. The Labute approximate surface area is 119 Å². The third kappa shape index (κ3) is 4.44. The highest BCUT2D eigenvalue weighted by Gasteiger charge is 2.32. The minimum atomic E-state index is -4.39. The summed E-state index contributed by atoms with van der Waals surface area (Å²) in [4.78, 5) is 11.7. The van der Waals surface area contributed by atoms with E-state index in [0.29, 0.717) is 6.42 Å². The molecule has 1 aliphatic rings. The molecule has 0 bridgehead atoms. The van der Waals surface area contributed by atoms with Gasteiger partial charge in [-0.2, -0.15) is 13.2 Å². The highest BCUT2D eigenvalue weighted by molar-refractivity contribution is 5.76. The monoisotopic (exact) mass is 303 g/mol. The molecule has 21 heavy (non-hydrogen) atoms. The summed E-state index contributed by atoms with van der Waals surface area (Å²) in [6.07, 6.45) is -4.84. The predicted molar refractivity (Wildman–Crippen MR) is 68.5 cm³/mol. The molecule has 2 rings (SSSR count). The molecule has 1 aromatic rings. The molecule has 1 aromatic carbocycles. The lowest BCUT2D eigenvalue weighted by Crippen LogP contribution is -2.34. The van der Waals surface area contributed by atoms with Crippen LogP contribution in [0.1, 0.15) is 23.6 Å². The zero-order valence-electron chi connectivity index (χ0n) is 11.2. The molecule has 2 N–H and O–H groups in total. The van der Waals surface area contributed by atoms with Crippen molar-refractivity contribution in [3.8, 4) is 0 Å². The van der Waals surface area contributed by atoms with Crippen LogP contribution in [-0.4, -0.2) is 36.5 Å². The largest absolute Gasteiger partial charge is 0.411 e. The number of amides is 1. The van der Waals surface area contributed by atoms with Crippen molar-refractivity contribution in [2.75, 3.05) is 13.2 Å². The first-order valence-corrected chi connectivity index (χ1v) is 6.56. The van der Waals surface area contributed by atoms with Crippen molar-refractivity contribution in [3.63, 3.8) is 0 Å². The number of hydrogen-bond donors (Lipinski definition) is 2. The van der Waals surface area contributed by atoms with E-state index in [4.69, 9.17) is 0 Å². The summed E-state index contributed by atoms with van der Waals surface area (Å²) >= 11 is 0. The number of benzene rings is 1. The van der Waals surface area contributed by atoms with Crippen molar-refractivity contribution in [1.82, 2.24) is 5.32 Å². The number of alkyl halides is 3. The molecule has 0 aliphatic heterocycles. The number of carbonyl (C=O) groups excluding carboxylic acids is 1. The van der Waals surface area contributed by atoms with Crippen LogP contribution in [0.25, 0.3) is 0 Å². The topological polar surface area (TPSA) is 58.6 Å². The summed E-state index contributed by atoms with van der Waals surface area (Å²) in [6.45, 7) is -1.68. The molecule has 7 heteroatoms. The van der Waals surface area contributed by atoms with Crippen molar-refractivity contribution in [2.45, 2.75) is 31.2 Å². The molecule has 0 heterocycles. The first kappa shape index (κ1) is 15.8. The molecule has 0 unspecified atom stereocenters. The Hall–Kier alpha value is -1.60. The number of carbonyl (C=O) groups is 1. The highest BCUT2D eigenvalue weighted by Crippen LogP contribution is 2.31. The van der Waals surface area contributed by atoms with Crippen LogP contribution in [0.4, 0.5) is 13.2 Å². The minimum Gasteiger partial charge on any atom is -0.390 e. The van der Waals surface area contributed by atoms with Gasteiger partial charge < -0.3 is 15.2 Å². The van der Waals surface area contributed by atoms with Gasteiger partial charge in [0.25, 0.3) is 0 Å². The number of halogens is 3. The molecule has 1 amide bonds. The third-order valence-corrected chi connectivity index (χ3v) is 3.26. The zero-order chi connectivity index (χ0) is 15.5. The lowest BCUT2D eigenvalue weighted by Gasteiger charge is -2.18. The molecule has 116 valence electrons. The van der Waals surface area contributed by atoms with E-state index in [1.807, 2.05) is 24.3 Å². The van der Waals surface area contributed by atoms with Gasteiger partial charge in [-0.05, 0) is 11.1 Å². The van der Waals surface area contributed by atoms with Crippen molar-refractivity contribution < 1.29 is 27.8 Å². The Bertz CT molecular complexity index is 504. The highest BCUT2D eigenvalue weighted by atomic mass is 19.4. The maximum atomic E-state index is 11.9. The normalized spacial score (nSPS) is 21.1. The van der Waals surface area contributed by atoms with Crippen molar-refractivity contribution in [1.29, 1.82) is 0 Å². The molecule has 0 radical (unpaired) electrons. The van der Waals surface area contributed by atoms with E-state index in [2.05, 4.69) is 10.1 Å². The molecule has 2 atom stereocenters. The van der Waals surface area contributed by atoms with E-state index in [9.17, 15) is 23.1 Å². The zero-order valence-corrected chi connectivity index (χ0v) is 11.2. The Morgan fingerprint density at radius 1 is 1.38 bits per heavy atom. The second-order valence-corrected chi connectivity index (χ2v) is 4.93. The maximum absolute atomic E-state index is 11.9. The van der Waals surface area contributed by atoms with Gasteiger partial charge in [-0.3, -0.25) is 4.79 Å². The smallest absolute Gasteiger partial charge is 0.390 e. The van der Waals surface area contributed by atoms with Gasteiger partial charge >= 0.3 is 6.18 Å². The maximum Gasteiger partial charge on any atom is 0.411 e. The van der Waals surface area contributed by atoms with Gasteiger partial charge in [0.05, 0.1) is 18.8 Å². The Morgan fingerprint density at radius 3 is 2.81 bits per heavy atom. The van der Waals surface area contributed by atoms with Crippen LogP contribution in [0.5, 0.6) is 0 Å². The number of hydrogen-bond acceptors (Lipinski definition) is 3. The summed E-state index contributed by atoms with van der Waals surface area (Å²) in [7, 11) is 0. The first-order valence-electron chi connectivity index (χ1n) is 6.56. The first-order chi connectivity index (χ1) is 9.87. The predicted octanol–water partition coefficient (Wildman–Crippen LogP) is 1.73. The van der Waals surface area contributed by atoms with Crippen molar-refractivity contribution in [2.24, 2.45) is 0 Å². The van der Waals surface area contributed by atoms with Crippen LogP contribution in [0.3, 0.4) is 0 Å². The molecule has 0 saturated carbocycles. The van der Waals surface area contributed by atoms with Crippen LogP contribution >= 0.6 is 0 Å². The van der Waals surface area contributed by atoms with Crippen molar-refractivity contribution in [3.05, 3.63) is 35.4 Å². The second-order valence-electron chi connectivity index (χ2n) is 4.93. The van der Waals surface area contributed by atoms with Gasteiger partial charge in [0.1, 0.15) is 6.61 Å². The fourth-order valence-electron chi connectivity index (χ4n) is 2.35. The quantitative estimate of drug-likeness (QED) is 0.815. The lowest BCUT2D eigenvalue weighted by molar-refractivity contribution is -0.174. The molecular weight excluding hydrogens is 287 g/mol. The standard InChI is InChI=1S/C14H16F3NO3/c15-14(16,17)8-21-6-5-12(20)18-13-10-4-2-1-3-9(10)7-11(13)19/h1-4,11,13,19H,5-8H2,(H,18,20)/t11-,13+/m1/s1. The summed E-state index contributed by atoms with van der Waals surface area (Å²) < 4.78 is 40.0. The molecule has 4 nitrogen and oxygen atoms in total. The summed E-state index contributed by atoms with van der Waals surface area (Å²) in [6, 6.07) is 6.83. The fourth-order valence-corrected chi connectivity index (χ4v) is 2.35. The average Bonchev–Trinajstić information content (AvgIpc) is 2.70. The van der Waals surface area contributed by atoms with Gasteiger partial charge in [-0.15, -0.1) is 0 Å². The van der Waals surface area contributed by atoms with Gasteiger partial charge in [0, 0.05) is 12.8 Å². The van der Waals surface area contributed by atoms with E-state index < -0.39 is 30.8 Å². The van der Waals surface area contributed by atoms with Crippen LogP contribution in [0, 0.1) is 0 Å². The lowest BCUT2D eigenvalue weighted by atomic mass is 10.1. The van der Waals surface area contributed by atoms with Gasteiger partial charge in [0.2, 0.25) is 5.91 Å². The Kier molecular flexibility index (Phi) is 4.84. The Morgan fingerprint density at radius 2 is 2.10 bits per heavy atom. The van der Waals surface area contributed by atoms with Crippen LogP contribution in [0.15, 0.2) is 24.3 Å². The van der Waals surface area contributed by atoms with E-state index in [1.165, 1.54) is 0 Å². The summed E-state index contributed by atoms with van der Waals surface area (Å²) in [5.41, 5.74) is 1.80. The summed E-state index contributed by atoms with van der Waals surface area (Å²) in [5.74, 6) is -0.446. The average molecular weight is 303 g/mol. The molecule has 0 aromatic heterocycles. The van der Waals surface area contributed by atoms with Gasteiger partial charge in [0.15, 0.2) is 0 Å². The van der Waals surface area contributed by atoms with E-state index in [-0.39, 0.29) is 13.0 Å². The summed E-state index contributed by atoms with van der Waals surface area (Å²) in [5, 5.41) is 12.6. The number of fused-ring (bicyclic) bond motifs is 1. The number of nitrogens with one attached hydrogen (secondary N) is 1. The Balaban J connectivity index is 1.81. The number of rotatable bonds is 5. The van der Waals surface area contributed by atoms with E-state index in [0.717, 1.165) is 11.1 Å². The third-order valence-electron chi connectivity index (χ3n) is 3.26. The van der Waals surface area contributed by atoms with Crippen LogP contribution in [0.2, 0.25) is 0 Å². The van der Waals surface area contributed by atoms with Crippen LogP contribution < -0.4 is 5.32 Å². The fraction of sp³-hybridized carbons (Fsp3) is 0.500.